The molecule has 1 amide bonds. The van der Waals surface area contributed by atoms with Gasteiger partial charge in [-0.1, -0.05) is 24.3 Å². The third kappa shape index (κ3) is 4.38. The number of pyridine rings is 1. The lowest BCUT2D eigenvalue weighted by molar-refractivity contribution is -0.0140. The van der Waals surface area contributed by atoms with Crippen molar-refractivity contribution in [2.24, 2.45) is 0 Å². The fourth-order valence-corrected chi connectivity index (χ4v) is 5.22. The number of hydrogen-bond donors (Lipinski definition) is 2. The molecule has 0 saturated carbocycles. The molecule has 4 aromatic rings. The lowest BCUT2D eigenvalue weighted by Crippen LogP contribution is -2.49. The molecule has 31 heavy (non-hydrogen) atoms. The number of fused-ring (bicyclic) bond motifs is 1. The van der Waals surface area contributed by atoms with Crippen LogP contribution in [0.2, 0.25) is 0 Å². The van der Waals surface area contributed by atoms with Gasteiger partial charge in [-0.05, 0) is 41.5 Å². The fraction of sp³-hybridized carbons (Fsp3) is 0.261. The van der Waals surface area contributed by atoms with Gasteiger partial charge in [0.15, 0.2) is 0 Å². The maximum Gasteiger partial charge on any atom is 0.270 e. The number of aliphatic hydroxyl groups excluding tert-OH is 1. The van der Waals surface area contributed by atoms with Gasteiger partial charge in [-0.15, -0.1) is 22.7 Å². The van der Waals surface area contributed by atoms with E-state index in [0.29, 0.717) is 31.7 Å². The average Bonchev–Trinajstić information content (AvgIpc) is 3.48. The summed E-state index contributed by atoms with van der Waals surface area (Å²) in [6.07, 6.45) is 2.43. The first-order valence-corrected chi connectivity index (χ1v) is 11.9. The number of benzene rings is 1. The van der Waals surface area contributed by atoms with E-state index in [1.54, 1.807) is 22.7 Å². The van der Waals surface area contributed by atoms with Gasteiger partial charge in [0.25, 0.3) is 5.91 Å². The normalized spacial score (nSPS) is 18.9. The van der Waals surface area contributed by atoms with Gasteiger partial charge >= 0.3 is 0 Å². The van der Waals surface area contributed by atoms with Crippen LogP contribution in [0.25, 0.3) is 20.8 Å². The van der Waals surface area contributed by atoms with Crippen molar-refractivity contribution in [3.8, 4) is 10.6 Å². The molecule has 2 atom stereocenters. The van der Waals surface area contributed by atoms with E-state index in [1.165, 1.54) is 0 Å². The number of nitrogens with zero attached hydrogens (tertiary/aromatic N) is 2. The van der Waals surface area contributed by atoms with Crippen molar-refractivity contribution in [3.63, 3.8) is 0 Å². The SMILES string of the molecule is O=C(N[C@H]1COCC[C@@H]1O)c1cc(Cc2ccc(-c3nccs3)cc2)c2sccc2n1. The van der Waals surface area contributed by atoms with Crippen LogP contribution < -0.4 is 5.32 Å². The monoisotopic (exact) mass is 451 g/mol. The molecule has 0 radical (unpaired) electrons. The highest BCUT2D eigenvalue weighted by atomic mass is 32.1. The molecular weight excluding hydrogens is 430 g/mol. The summed E-state index contributed by atoms with van der Waals surface area (Å²) in [6.45, 7) is 0.823. The quantitative estimate of drug-likeness (QED) is 0.481. The number of carbonyl (C=O) groups excluding carboxylic acids is 1. The number of aliphatic hydroxyl groups is 1. The van der Waals surface area contributed by atoms with Crippen molar-refractivity contribution in [3.05, 3.63) is 70.2 Å². The van der Waals surface area contributed by atoms with E-state index >= 15 is 0 Å². The molecule has 8 heteroatoms. The molecule has 158 valence electrons. The molecule has 6 nitrogen and oxygen atoms in total. The number of thiophene rings is 1. The second-order valence-electron chi connectivity index (χ2n) is 7.52. The molecule has 1 aromatic carbocycles. The molecule has 2 N–H and O–H groups in total. The molecule has 4 heterocycles. The summed E-state index contributed by atoms with van der Waals surface area (Å²) < 4.78 is 6.47. The smallest absolute Gasteiger partial charge is 0.270 e. The number of nitrogens with one attached hydrogen (secondary N) is 1. The Balaban J connectivity index is 1.39. The predicted molar refractivity (Wildman–Crippen MR) is 123 cm³/mol. The molecule has 5 rings (SSSR count). The Hall–Kier alpha value is -2.65. The third-order valence-corrected chi connectivity index (χ3v) is 7.19. The zero-order valence-electron chi connectivity index (χ0n) is 16.7. The molecule has 0 unspecified atom stereocenters. The highest BCUT2D eigenvalue weighted by Gasteiger charge is 2.26. The minimum atomic E-state index is -0.599. The van der Waals surface area contributed by atoms with Gasteiger partial charge in [0.2, 0.25) is 0 Å². The van der Waals surface area contributed by atoms with E-state index in [1.807, 2.05) is 29.1 Å². The van der Waals surface area contributed by atoms with Gasteiger partial charge in [0.1, 0.15) is 10.7 Å². The van der Waals surface area contributed by atoms with Crippen LogP contribution in [0.3, 0.4) is 0 Å². The Morgan fingerprint density at radius 2 is 2.06 bits per heavy atom. The molecule has 1 aliphatic rings. The van der Waals surface area contributed by atoms with Gasteiger partial charge in [0, 0.05) is 23.7 Å². The second-order valence-corrected chi connectivity index (χ2v) is 9.33. The summed E-state index contributed by atoms with van der Waals surface area (Å²) in [5.74, 6) is -0.289. The average molecular weight is 452 g/mol. The van der Waals surface area contributed by atoms with Crippen molar-refractivity contribution >= 4 is 38.8 Å². The van der Waals surface area contributed by atoms with Gasteiger partial charge in [-0.3, -0.25) is 4.79 Å². The van der Waals surface area contributed by atoms with Gasteiger partial charge in [0.05, 0.1) is 29.0 Å². The highest BCUT2D eigenvalue weighted by Crippen LogP contribution is 2.28. The van der Waals surface area contributed by atoms with Crippen LogP contribution in [-0.4, -0.2) is 46.3 Å². The largest absolute Gasteiger partial charge is 0.391 e. The summed E-state index contributed by atoms with van der Waals surface area (Å²) in [5, 5.41) is 18.0. The number of aromatic nitrogens is 2. The van der Waals surface area contributed by atoms with Crippen molar-refractivity contribution in [1.82, 2.24) is 15.3 Å². The van der Waals surface area contributed by atoms with Gasteiger partial charge < -0.3 is 15.2 Å². The molecular formula is C23H21N3O3S2. The number of amides is 1. The van der Waals surface area contributed by atoms with Crippen molar-refractivity contribution in [2.75, 3.05) is 13.2 Å². The first-order valence-electron chi connectivity index (χ1n) is 10.1. The van der Waals surface area contributed by atoms with E-state index in [2.05, 4.69) is 39.6 Å². The second kappa shape index (κ2) is 8.84. The summed E-state index contributed by atoms with van der Waals surface area (Å²) in [5.41, 5.74) is 4.49. The maximum absolute atomic E-state index is 12.9. The molecule has 0 aliphatic carbocycles. The molecule has 1 fully saturated rings. The lowest BCUT2D eigenvalue weighted by Gasteiger charge is -2.28. The van der Waals surface area contributed by atoms with Crippen LogP contribution in [0.15, 0.2) is 53.4 Å². The zero-order chi connectivity index (χ0) is 21.2. The standard InChI is InChI=1S/C23H21N3O3S2/c27-20-5-8-29-13-19(20)26-22(28)18-12-16(21-17(25-18)6-9-30-21)11-14-1-3-15(4-2-14)23-24-7-10-31-23/h1-4,6-7,9-10,12,19-20,27H,5,8,11,13H2,(H,26,28)/t19-,20-/m0/s1. The predicted octanol–water partition coefficient (Wildman–Crippen LogP) is 3.89. The molecule has 0 spiro atoms. The first-order chi connectivity index (χ1) is 15.2. The Bertz CT molecular complexity index is 1190. The summed E-state index contributed by atoms with van der Waals surface area (Å²) in [7, 11) is 0. The van der Waals surface area contributed by atoms with Gasteiger partial charge in [-0.2, -0.15) is 0 Å². The van der Waals surface area contributed by atoms with E-state index in [9.17, 15) is 9.90 Å². The topological polar surface area (TPSA) is 84.3 Å². The molecule has 0 bridgehead atoms. The summed E-state index contributed by atoms with van der Waals surface area (Å²) in [4.78, 5) is 21.8. The lowest BCUT2D eigenvalue weighted by atomic mass is 10.0. The zero-order valence-corrected chi connectivity index (χ0v) is 18.3. The van der Waals surface area contributed by atoms with Gasteiger partial charge in [-0.25, -0.2) is 9.97 Å². The van der Waals surface area contributed by atoms with E-state index in [0.717, 1.165) is 31.9 Å². The Morgan fingerprint density at radius 3 is 2.84 bits per heavy atom. The highest BCUT2D eigenvalue weighted by molar-refractivity contribution is 7.17. The Labute approximate surface area is 187 Å². The minimum absolute atomic E-state index is 0.289. The number of carbonyl (C=O) groups is 1. The van der Waals surface area contributed by atoms with Crippen LogP contribution in [-0.2, 0) is 11.2 Å². The van der Waals surface area contributed by atoms with Crippen LogP contribution in [0.5, 0.6) is 0 Å². The third-order valence-electron chi connectivity index (χ3n) is 5.38. The number of hydrogen-bond acceptors (Lipinski definition) is 7. The van der Waals surface area contributed by atoms with E-state index in [-0.39, 0.29) is 5.91 Å². The Morgan fingerprint density at radius 1 is 1.19 bits per heavy atom. The van der Waals surface area contributed by atoms with Crippen LogP contribution >= 0.6 is 22.7 Å². The minimum Gasteiger partial charge on any atom is -0.391 e. The summed E-state index contributed by atoms with van der Waals surface area (Å²) >= 11 is 3.25. The van der Waals surface area contributed by atoms with E-state index < -0.39 is 12.1 Å². The van der Waals surface area contributed by atoms with Crippen molar-refractivity contribution in [2.45, 2.75) is 25.0 Å². The van der Waals surface area contributed by atoms with Crippen molar-refractivity contribution in [1.29, 1.82) is 0 Å². The van der Waals surface area contributed by atoms with Crippen molar-refractivity contribution < 1.29 is 14.6 Å². The van der Waals surface area contributed by atoms with Crippen LogP contribution in [0.4, 0.5) is 0 Å². The molecule has 1 saturated heterocycles. The first kappa shape index (κ1) is 20.3. The summed E-state index contributed by atoms with van der Waals surface area (Å²) in [6, 6.07) is 11.8. The van der Waals surface area contributed by atoms with Crippen LogP contribution in [0.1, 0.15) is 28.0 Å². The molecule has 3 aromatic heterocycles. The molecule has 1 aliphatic heterocycles. The number of ether oxygens (including phenoxy) is 1. The fourth-order valence-electron chi connectivity index (χ4n) is 3.73. The Kier molecular flexibility index (Phi) is 5.78. The maximum atomic E-state index is 12.9. The van der Waals surface area contributed by atoms with E-state index in [4.69, 9.17) is 4.74 Å². The number of thiazole rings is 1. The van der Waals surface area contributed by atoms with Crippen LogP contribution in [0, 0.1) is 0 Å². The number of rotatable bonds is 5.